The lowest BCUT2D eigenvalue weighted by Crippen LogP contribution is -2.53. The molecule has 0 N–H and O–H groups in total. The predicted octanol–water partition coefficient (Wildman–Crippen LogP) is 8.07. The Morgan fingerprint density at radius 2 is 1.35 bits per heavy atom. The SMILES string of the molecule is CC[C@H](C)[C@@H](O[Si](C(C)C)(C(C)C)C(C)C)[C@H](C)C(=O)[C@H](C)C=C(Br)Br. The summed E-state index contributed by atoms with van der Waals surface area (Å²) >= 11 is 6.76. The lowest BCUT2D eigenvalue weighted by molar-refractivity contribution is -0.128. The molecule has 0 aromatic rings. The first-order valence-corrected chi connectivity index (χ1v) is 13.8. The minimum Gasteiger partial charge on any atom is -0.412 e. The lowest BCUT2D eigenvalue weighted by Gasteiger charge is -2.47. The van der Waals surface area contributed by atoms with Crippen LogP contribution in [-0.2, 0) is 9.22 Å². The number of hydrogen-bond acceptors (Lipinski definition) is 2. The lowest BCUT2D eigenvalue weighted by atomic mass is 9.85. The number of carbonyl (C=O) groups excluding carboxylic acids is 1. The summed E-state index contributed by atoms with van der Waals surface area (Å²) in [5, 5.41) is 0. The molecule has 0 fully saturated rings. The molecule has 0 aromatic heterocycles. The van der Waals surface area contributed by atoms with Gasteiger partial charge in [-0.2, -0.15) is 0 Å². The van der Waals surface area contributed by atoms with E-state index in [1.54, 1.807) is 0 Å². The van der Waals surface area contributed by atoms with Crippen LogP contribution in [0.1, 0.15) is 75.7 Å². The van der Waals surface area contributed by atoms with Crippen LogP contribution in [0.2, 0.25) is 16.6 Å². The zero-order chi connectivity index (χ0) is 20.8. The number of allylic oxidation sites excluding steroid dienone is 1. The van der Waals surface area contributed by atoms with Crippen molar-refractivity contribution in [3.63, 3.8) is 0 Å². The van der Waals surface area contributed by atoms with E-state index in [0.717, 1.165) is 9.81 Å². The van der Waals surface area contributed by atoms with E-state index in [1.807, 2.05) is 13.0 Å². The zero-order valence-corrected chi connectivity index (χ0v) is 22.6. The van der Waals surface area contributed by atoms with Gasteiger partial charge in [0, 0.05) is 11.8 Å². The zero-order valence-electron chi connectivity index (χ0n) is 18.4. The molecule has 0 radical (unpaired) electrons. The molecule has 0 aliphatic rings. The van der Waals surface area contributed by atoms with E-state index in [2.05, 4.69) is 94.2 Å². The van der Waals surface area contributed by atoms with Gasteiger partial charge in [-0.15, -0.1) is 0 Å². The van der Waals surface area contributed by atoms with Crippen molar-refractivity contribution < 1.29 is 9.22 Å². The highest BCUT2D eigenvalue weighted by Gasteiger charge is 2.48. The second-order valence-electron chi connectivity index (χ2n) is 8.72. The standard InChI is InChI=1S/C21H40Br2O2Si/c1-11-16(8)21(18(10)20(24)17(9)12-19(22)23)25-26(13(2)3,14(4)5)15(6)7/h12-18,21H,11H2,1-10H3/t16-,17+,18+,21+/m0/s1. The Morgan fingerprint density at radius 3 is 1.65 bits per heavy atom. The van der Waals surface area contributed by atoms with Gasteiger partial charge in [-0.25, -0.2) is 0 Å². The quantitative estimate of drug-likeness (QED) is 0.262. The third-order valence-corrected chi connectivity index (χ3v) is 12.6. The Morgan fingerprint density at radius 1 is 0.923 bits per heavy atom. The van der Waals surface area contributed by atoms with Crippen LogP contribution >= 0.6 is 31.9 Å². The Bertz CT molecular complexity index is 449. The molecule has 0 aromatic carbocycles. The van der Waals surface area contributed by atoms with Crippen LogP contribution in [0.3, 0.4) is 0 Å². The number of carbonyl (C=O) groups is 1. The van der Waals surface area contributed by atoms with E-state index in [9.17, 15) is 4.79 Å². The maximum absolute atomic E-state index is 13.1. The van der Waals surface area contributed by atoms with Gasteiger partial charge in [-0.1, -0.05) is 81.7 Å². The average Bonchev–Trinajstić information content (AvgIpc) is 2.52. The molecule has 0 heterocycles. The summed E-state index contributed by atoms with van der Waals surface area (Å²) in [4.78, 5) is 13.1. The largest absolute Gasteiger partial charge is 0.412 e. The molecule has 5 heteroatoms. The van der Waals surface area contributed by atoms with Crippen LogP contribution in [0, 0.1) is 17.8 Å². The van der Waals surface area contributed by atoms with E-state index in [4.69, 9.17) is 4.43 Å². The molecule has 0 aliphatic carbocycles. The number of Topliss-reactive ketones (excluding diaryl/α,β-unsaturated/α-hetero) is 1. The molecule has 154 valence electrons. The molecular formula is C21H40Br2O2Si. The fourth-order valence-electron chi connectivity index (χ4n) is 4.43. The molecule has 4 atom stereocenters. The first kappa shape index (κ1) is 26.5. The van der Waals surface area contributed by atoms with Crippen molar-refractivity contribution in [2.24, 2.45) is 17.8 Å². The van der Waals surface area contributed by atoms with Gasteiger partial charge in [0.25, 0.3) is 0 Å². The molecule has 0 saturated heterocycles. The van der Waals surface area contributed by atoms with E-state index in [1.165, 1.54) is 0 Å². The first-order valence-electron chi connectivity index (χ1n) is 10.1. The van der Waals surface area contributed by atoms with Crippen molar-refractivity contribution in [3.8, 4) is 0 Å². The third-order valence-electron chi connectivity index (χ3n) is 6.02. The Hall–Kier alpha value is 0.547. The molecule has 0 spiro atoms. The second kappa shape index (κ2) is 11.5. The molecule has 26 heavy (non-hydrogen) atoms. The van der Waals surface area contributed by atoms with Crippen molar-refractivity contribution in [2.75, 3.05) is 0 Å². The fraction of sp³-hybridized carbons (Fsp3) is 0.857. The maximum atomic E-state index is 13.1. The maximum Gasteiger partial charge on any atom is 0.200 e. The summed E-state index contributed by atoms with van der Waals surface area (Å²) in [5.41, 5.74) is 1.56. The van der Waals surface area contributed by atoms with Crippen molar-refractivity contribution in [2.45, 2.75) is 98.4 Å². The predicted molar refractivity (Wildman–Crippen MR) is 125 cm³/mol. The van der Waals surface area contributed by atoms with Crippen molar-refractivity contribution >= 4 is 46.0 Å². The number of rotatable bonds is 11. The molecular weight excluding hydrogens is 472 g/mol. The summed E-state index contributed by atoms with van der Waals surface area (Å²) in [6.45, 7) is 22.3. The van der Waals surface area contributed by atoms with Gasteiger partial charge >= 0.3 is 0 Å². The van der Waals surface area contributed by atoms with Crippen molar-refractivity contribution in [3.05, 3.63) is 9.47 Å². The van der Waals surface area contributed by atoms with E-state index >= 15 is 0 Å². The van der Waals surface area contributed by atoms with Crippen LogP contribution < -0.4 is 0 Å². The number of hydrogen-bond donors (Lipinski definition) is 0. The van der Waals surface area contributed by atoms with Crippen LogP contribution in [-0.4, -0.2) is 20.2 Å². The summed E-state index contributed by atoms with van der Waals surface area (Å²) in [6.07, 6.45) is 2.93. The van der Waals surface area contributed by atoms with E-state index in [-0.39, 0.29) is 23.7 Å². The molecule has 2 nitrogen and oxygen atoms in total. The first-order chi connectivity index (χ1) is 11.8. The van der Waals surface area contributed by atoms with Crippen molar-refractivity contribution in [1.82, 2.24) is 0 Å². The van der Waals surface area contributed by atoms with Crippen LogP contribution in [0.15, 0.2) is 9.47 Å². The molecule has 0 bridgehead atoms. The average molecular weight is 512 g/mol. The summed E-state index contributed by atoms with van der Waals surface area (Å²) in [6, 6.07) is 0. The number of halogens is 2. The van der Waals surface area contributed by atoms with Crippen LogP contribution in [0.4, 0.5) is 0 Å². The van der Waals surface area contributed by atoms with Gasteiger partial charge in [0.15, 0.2) is 0 Å². The summed E-state index contributed by atoms with van der Waals surface area (Å²) in [7, 11) is -2.03. The normalized spacial score (nSPS) is 17.3. The minimum absolute atomic E-state index is 0.0173. The van der Waals surface area contributed by atoms with E-state index in [0.29, 0.717) is 22.5 Å². The monoisotopic (exact) mass is 510 g/mol. The van der Waals surface area contributed by atoms with Crippen LogP contribution in [0.5, 0.6) is 0 Å². The molecule has 0 amide bonds. The topological polar surface area (TPSA) is 26.3 Å². The Kier molecular flexibility index (Phi) is 11.8. The highest BCUT2D eigenvalue weighted by molar-refractivity contribution is 9.28. The van der Waals surface area contributed by atoms with Crippen molar-refractivity contribution in [1.29, 1.82) is 0 Å². The Labute approximate surface area is 180 Å². The highest BCUT2D eigenvalue weighted by Crippen LogP contribution is 2.45. The van der Waals surface area contributed by atoms with Gasteiger partial charge < -0.3 is 4.43 Å². The van der Waals surface area contributed by atoms with Gasteiger partial charge in [-0.3, -0.25) is 4.79 Å². The molecule has 0 unspecified atom stereocenters. The molecule has 0 aliphatic heterocycles. The van der Waals surface area contributed by atoms with Gasteiger partial charge in [-0.05, 0) is 54.4 Å². The smallest absolute Gasteiger partial charge is 0.200 e. The van der Waals surface area contributed by atoms with Crippen LogP contribution in [0.25, 0.3) is 0 Å². The van der Waals surface area contributed by atoms with Gasteiger partial charge in [0.2, 0.25) is 8.32 Å². The summed E-state index contributed by atoms with van der Waals surface area (Å²) in [5.74, 6) is 0.368. The molecule has 0 rings (SSSR count). The van der Waals surface area contributed by atoms with E-state index < -0.39 is 8.32 Å². The minimum atomic E-state index is -2.03. The number of ketones is 1. The van der Waals surface area contributed by atoms with Gasteiger partial charge in [0.05, 0.1) is 9.50 Å². The Balaban J connectivity index is 5.89. The van der Waals surface area contributed by atoms with Gasteiger partial charge in [0.1, 0.15) is 5.78 Å². The highest BCUT2D eigenvalue weighted by atomic mass is 79.9. The summed E-state index contributed by atoms with van der Waals surface area (Å²) < 4.78 is 7.92. The fourth-order valence-corrected chi connectivity index (χ4v) is 11.0. The molecule has 0 saturated carbocycles. The third kappa shape index (κ3) is 6.56. The second-order valence-corrected chi connectivity index (χ2v) is 16.9.